The average Bonchev–Trinajstić information content (AvgIpc) is 2.49. The lowest BCUT2D eigenvalue weighted by molar-refractivity contribution is -0.122. The van der Waals surface area contributed by atoms with Gasteiger partial charge in [-0.25, -0.2) is 4.98 Å². The first-order chi connectivity index (χ1) is 9.58. The number of amides is 1. The molecular formula is C16H27N3O. The number of aromatic nitrogens is 1. The van der Waals surface area contributed by atoms with E-state index >= 15 is 0 Å². The van der Waals surface area contributed by atoms with E-state index in [0.717, 1.165) is 25.2 Å². The van der Waals surface area contributed by atoms with Crippen molar-refractivity contribution in [2.45, 2.75) is 46.5 Å². The molecule has 4 nitrogen and oxygen atoms in total. The van der Waals surface area contributed by atoms with Gasteiger partial charge in [-0.05, 0) is 30.4 Å². The van der Waals surface area contributed by atoms with E-state index in [4.69, 9.17) is 5.73 Å². The van der Waals surface area contributed by atoms with Crippen molar-refractivity contribution in [1.82, 2.24) is 4.98 Å². The summed E-state index contributed by atoms with van der Waals surface area (Å²) in [6, 6.07) is 4.15. The number of piperidine rings is 1. The maximum absolute atomic E-state index is 11.2. The second kappa shape index (κ2) is 7.88. The van der Waals surface area contributed by atoms with E-state index in [2.05, 4.69) is 29.8 Å². The Morgan fingerprint density at radius 2 is 2.10 bits per heavy atom. The molecule has 1 atom stereocenters. The highest BCUT2D eigenvalue weighted by atomic mass is 16.1. The quantitative estimate of drug-likeness (QED) is 0.924. The number of hydrogen-bond donors (Lipinski definition) is 1. The summed E-state index contributed by atoms with van der Waals surface area (Å²) < 4.78 is 0. The number of carbonyl (C=O) groups is 1. The van der Waals surface area contributed by atoms with Crippen molar-refractivity contribution < 1.29 is 4.79 Å². The molecule has 0 radical (unpaired) electrons. The van der Waals surface area contributed by atoms with Gasteiger partial charge in [0.2, 0.25) is 5.91 Å². The van der Waals surface area contributed by atoms with Crippen molar-refractivity contribution in [3.8, 4) is 0 Å². The van der Waals surface area contributed by atoms with Gasteiger partial charge >= 0.3 is 0 Å². The summed E-state index contributed by atoms with van der Waals surface area (Å²) >= 11 is 0. The Balaban J connectivity index is 0.000000956. The van der Waals surface area contributed by atoms with Crippen LogP contribution >= 0.6 is 0 Å². The number of nitrogens with two attached hydrogens (primary N) is 1. The lowest BCUT2D eigenvalue weighted by atomic mass is 9.97. The summed E-state index contributed by atoms with van der Waals surface area (Å²) in [5.74, 6) is 1.21. The van der Waals surface area contributed by atoms with E-state index in [1.807, 2.05) is 26.1 Å². The SMILES string of the molecule is CC.CC(C)c1ccc(N2CCCC(C(N)=O)C2)nc1. The summed E-state index contributed by atoms with van der Waals surface area (Å²) in [5.41, 5.74) is 6.62. The monoisotopic (exact) mass is 277 g/mol. The first-order valence-electron chi connectivity index (χ1n) is 7.58. The van der Waals surface area contributed by atoms with Crippen LogP contribution in [0.5, 0.6) is 0 Å². The third-order valence-electron chi connectivity index (χ3n) is 3.59. The molecule has 1 unspecified atom stereocenters. The Labute approximate surface area is 122 Å². The number of primary amides is 1. The van der Waals surface area contributed by atoms with E-state index in [9.17, 15) is 4.79 Å². The zero-order valence-corrected chi connectivity index (χ0v) is 13.1. The molecule has 1 aliphatic rings. The largest absolute Gasteiger partial charge is 0.369 e. The van der Waals surface area contributed by atoms with Gasteiger partial charge in [0.05, 0.1) is 5.92 Å². The second-order valence-corrected chi connectivity index (χ2v) is 5.29. The molecule has 0 aromatic carbocycles. The molecule has 1 aromatic heterocycles. The minimum absolute atomic E-state index is 0.0367. The van der Waals surface area contributed by atoms with Gasteiger partial charge in [-0.15, -0.1) is 0 Å². The molecule has 1 fully saturated rings. The predicted octanol–water partition coefficient (Wildman–Crippen LogP) is 2.93. The van der Waals surface area contributed by atoms with Crippen molar-refractivity contribution in [2.75, 3.05) is 18.0 Å². The van der Waals surface area contributed by atoms with Crippen LogP contribution in [0.1, 0.15) is 52.0 Å². The lowest BCUT2D eigenvalue weighted by Gasteiger charge is -2.32. The first-order valence-corrected chi connectivity index (χ1v) is 7.58. The zero-order valence-electron chi connectivity index (χ0n) is 13.1. The van der Waals surface area contributed by atoms with Crippen LogP contribution in [0.25, 0.3) is 0 Å². The number of anilines is 1. The molecule has 0 bridgehead atoms. The highest BCUT2D eigenvalue weighted by molar-refractivity contribution is 5.77. The third kappa shape index (κ3) is 4.22. The van der Waals surface area contributed by atoms with Gasteiger partial charge in [0, 0.05) is 19.3 Å². The van der Waals surface area contributed by atoms with Crippen LogP contribution in [0.15, 0.2) is 18.3 Å². The van der Waals surface area contributed by atoms with Crippen molar-refractivity contribution >= 4 is 11.7 Å². The third-order valence-corrected chi connectivity index (χ3v) is 3.59. The van der Waals surface area contributed by atoms with E-state index in [-0.39, 0.29) is 11.8 Å². The van der Waals surface area contributed by atoms with Gasteiger partial charge in [-0.2, -0.15) is 0 Å². The normalized spacial score (nSPS) is 18.4. The molecule has 0 saturated carbocycles. The maximum atomic E-state index is 11.2. The highest BCUT2D eigenvalue weighted by Gasteiger charge is 2.24. The summed E-state index contributed by atoms with van der Waals surface area (Å²) in [6.07, 6.45) is 3.82. The van der Waals surface area contributed by atoms with E-state index in [1.54, 1.807) is 0 Å². The molecule has 112 valence electrons. The van der Waals surface area contributed by atoms with Crippen LogP contribution < -0.4 is 10.6 Å². The Morgan fingerprint density at radius 1 is 1.40 bits per heavy atom. The van der Waals surface area contributed by atoms with Crippen LogP contribution in [-0.4, -0.2) is 24.0 Å². The average molecular weight is 277 g/mol. The Kier molecular flexibility index (Phi) is 6.49. The van der Waals surface area contributed by atoms with E-state index in [1.165, 1.54) is 5.56 Å². The Morgan fingerprint density at radius 3 is 2.60 bits per heavy atom. The molecule has 0 aliphatic carbocycles. The zero-order chi connectivity index (χ0) is 15.1. The van der Waals surface area contributed by atoms with Crippen molar-refractivity contribution in [3.05, 3.63) is 23.9 Å². The van der Waals surface area contributed by atoms with Gasteiger partial charge in [-0.1, -0.05) is 33.8 Å². The molecule has 0 spiro atoms. The van der Waals surface area contributed by atoms with Crippen LogP contribution in [0.4, 0.5) is 5.82 Å². The summed E-state index contributed by atoms with van der Waals surface area (Å²) in [6.45, 7) is 9.96. The summed E-state index contributed by atoms with van der Waals surface area (Å²) in [7, 11) is 0. The molecular weight excluding hydrogens is 250 g/mol. The summed E-state index contributed by atoms with van der Waals surface area (Å²) in [4.78, 5) is 17.9. The molecule has 20 heavy (non-hydrogen) atoms. The fourth-order valence-electron chi connectivity index (χ4n) is 2.34. The first kappa shape index (κ1) is 16.5. The number of rotatable bonds is 3. The van der Waals surface area contributed by atoms with Gasteiger partial charge in [0.15, 0.2) is 0 Å². The maximum Gasteiger partial charge on any atom is 0.222 e. The Bertz CT molecular complexity index is 414. The number of nitrogens with zero attached hydrogens (tertiary/aromatic N) is 2. The van der Waals surface area contributed by atoms with Gasteiger partial charge in [-0.3, -0.25) is 4.79 Å². The fraction of sp³-hybridized carbons (Fsp3) is 0.625. The minimum atomic E-state index is -0.196. The topological polar surface area (TPSA) is 59.2 Å². The van der Waals surface area contributed by atoms with E-state index < -0.39 is 0 Å². The van der Waals surface area contributed by atoms with Crippen molar-refractivity contribution in [2.24, 2.45) is 11.7 Å². The fourth-order valence-corrected chi connectivity index (χ4v) is 2.34. The lowest BCUT2D eigenvalue weighted by Crippen LogP contribution is -2.41. The number of carbonyl (C=O) groups excluding carboxylic acids is 1. The molecule has 1 aromatic rings. The second-order valence-electron chi connectivity index (χ2n) is 5.29. The minimum Gasteiger partial charge on any atom is -0.369 e. The van der Waals surface area contributed by atoms with Gasteiger partial charge < -0.3 is 10.6 Å². The Hall–Kier alpha value is -1.58. The molecule has 1 aliphatic heterocycles. The molecule has 1 saturated heterocycles. The van der Waals surface area contributed by atoms with Crippen molar-refractivity contribution in [3.63, 3.8) is 0 Å². The predicted molar refractivity (Wildman–Crippen MR) is 83.8 cm³/mol. The standard InChI is InChI=1S/C14H21N3O.C2H6/c1-10(2)11-5-6-13(16-8-11)17-7-3-4-12(9-17)14(15)18;1-2/h5-6,8,10,12H,3-4,7,9H2,1-2H3,(H2,15,18);1-2H3. The van der Waals surface area contributed by atoms with Crippen LogP contribution in [-0.2, 0) is 4.79 Å². The molecule has 4 heteroatoms. The van der Waals surface area contributed by atoms with Crippen LogP contribution in [0, 0.1) is 5.92 Å². The molecule has 1 amide bonds. The van der Waals surface area contributed by atoms with Crippen LogP contribution in [0.2, 0.25) is 0 Å². The number of hydrogen-bond acceptors (Lipinski definition) is 3. The number of pyridine rings is 1. The van der Waals surface area contributed by atoms with Gasteiger partial charge in [0.25, 0.3) is 0 Å². The van der Waals surface area contributed by atoms with E-state index in [0.29, 0.717) is 12.5 Å². The van der Waals surface area contributed by atoms with Gasteiger partial charge in [0.1, 0.15) is 5.82 Å². The van der Waals surface area contributed by atoms with Crippen LogP contribution in [0.3, 0.4) is 0 Å². The smallest absolute Gasteiger partial charge is 0.222 e. The molecule has 2 rings (SSSR count). The summed E-state index contributed by atoms with van der Waals surface area (Å²) in [5, 5.41) is 0. The molecule has 2 heterocycles. The molecule has 2 N–H and O–H groups in total. The van der Waals surface area contributed by atoms with Crippen molar-refractivity contribution in [1.29, 1.82) is 0 Å². The highest BCUT2D eigenvalue weighted by Crippen LogP contribution is 2.22.